The maximum Gasteiger partial charge on any atom is 0.257 e. The first kappa shape index (κ1) is 96.9. The molecule has 5 atom stereocenters. The predicted octanol–water partition coefficient (Wildman–Crippen LogP) is 18.9. The van der Waals surface area contributed by atoms with Gasteiger partial charge in [-0.15, -0.1) is 0 Å². The number of ether oxygens (including phenoxy) is 3. The first-order chi connectivity index (χ1) is 71.5. The highest BCUT2D eigenvalue weighted by atomic mass is 16.5. The summed E-state index contributed by atoms with van der Waals surface area (Å²) in [6.07, 6.45) is 2.56. The van der Waals surface area contributed by atoms with Crippen LogP contribution in [0, 0.1) is 0 Å². The molecule has 5 aliphatic heterocycles. The fourth-order valence-corrected chi connectivity index (χ4v) is 23.9. The number of Topliss-reactive ketones (excluding diaryl/α,β-unsaturated/α-hetero) is 5. The van der Waals surface area contributed by atoms with E-state index in [4.69, 9.17) is 14.2 Å². The molecule has 149 heavy (non-hydrogen) atoms. The molecule has 0 radical (unpaired) electrons. The molecular weight excluding hydrogens is 1870 g/mol. The summed E-state index contributed by atoms with van der Waals surface area (Å²) in [5.41, 5.74) is 27.8. The van der Waals surface area contributed by atoms with Crippen LogP contribution in [0.1, 0.15) is 169 Å². The average molecular weight is 1980 g/mol. The third kappa shape index (κ3) is 15.0. The van der Waals surface area contributed by atoms with E-state index in [1.807, 2.05) is 236 Å². The summed E-state index contributed by atoms with van der Waals surface area (Å²) in [7, 11) is 22.8. The summed E-state index contributed by atoms with van der Waals surface area (Å²) in [4.78, 5) is 152. The number of phenolic OH excluding ortho intramolecular Hbond substituents is 3. The molecule has 5 heterocycles. The zero-order valence-electron chi connectivity index (χ0n) is 84.6. The minimum Gasteiger partial charge on any atom is -0.508 e. The highest BCUT2D eigenvalue weighted by Crippen LogP contribution is 2.61. The largest absolute Gasteiger partial charge is 0.508 e. The van der Waals surface area contributed by atoms with E-state index in [1.165, 1.54) is 27.9 Å². The van der Waals surface area contributed by atoms with Crippen LogP contribution >= 0.6 is 0 Å². The summed E-state index contributed by atoms with van der Waals surface area (Å²) < 4.78 is 16.0. The standard InChI is InChI=1S/C25H22N2O4.2C25H22N2O3.2C24H20N2O3/c1-13-26(2)18-12-17-15-7-5-6-8-16(15)24(29)22(17)21(23(18)25(30)27(13)3)14-9-10-19(28)20(11-14)31-4;1-14-26(2)20-13-19-17-10-5-6-11-18(17)24(28)22(19)21(23(20)25(29)27(14)3)15-8-7-9-16(12-15)30-4;1-14-26(2)20-13-19-17-7-5-6-8-18(17)24(28)22(19)21(23(20)25(29)27(14)3)15-9-11-16(30-4)12-10-15;1-13-25(2)19-12-18-16-9-4-5-10-17(16)23(28)21(18)20(22(19)24(29)26(13)3)14-7-6-8-15(27)11-14;1-13-25(2)19-12-18-16-6-4-5-7-17(16)23(28)21(18)20(22(19)24(29)26(13)3)14-8-10-15(27)11-9-14/h5-11,21,28H,1,12H2,2-4H3;2*5-12,21H,1,13H2,2-4H3;2*4-11,20,27H,1,12H2,2-3H3. The quantitative estimate of drug-likeness (QED) is 0.127. The van der Waals surface area contributed by atoms with Crippen molar-refractivity contribution >= 4 is 86.3 Å². The number of methoxy groups -OCH3 is 3. The molecule has 0 saturated carbocycles. The van der Waals surface area contributed by atoms with Crippen LogP contribution in [0.15, 0.2) is 383 Å². The molecule has 3 N–H and O–H groups in total. The van der Waals surface area contributed by atoms with Gasteiger partial charge < -0.3 is 54.0 Å². The second-order valence-corrected chi connectivity index (χ2v) is 39.1. The van der Waals surface area contributed by atoms with Gasteiger partial charge in [0.05, 0.1) is 21.3 Å². The first-order valence-electron chi connectivity index (χ1n) is 48.8. The van der Waals surface area contributed by atoms with Gasteiger partial charge in [-0.2, -0.15) is 0 Å². The Morgan fingerprint density at radius 2 is 0.470 bits per heavy atom. The van der Waals surface area contributed by atoms with Crippen molar-refractivity contribution in [1.29, 1.82) is 0 Å². The summed E-state index contributed by atoms with van der Waals surface area (Å²) >= 11 is 0. The van der Waals surface area contributed by atoms with Crippen molar-refractivity contribution in [2.45, 2.75) is 61.7 Å². The molecule has 0 saturated heterocycles. The molecular formula is C123H106N10O16. The van der Waals surface area contributed by atoms with Gasteiger partial charge in [0.2, 0.25) is 0 Å². The Labute approximate surface area is 861 Å². The van der Waals surface area contributed by atoms with Gasteiger partial charge in [-0.3, -0.25) is 72.4 Å². The number of fused-ring (bicyclic) bond motifs is 10. The van der Waals surface area contributed by atoms with Gasteiger partial charge >= 0.3 is 0 Å². The molecule has 10 aromatic carbocycles. The third-order valence-corrected chi connectivity index (χ3v) is 31.9. The van der Waals surface area contributed by atoms with Crippen molar-refractivity contribution < 1.29 is 77.5 Å². The van der Waals surface area contributed by atoms with E-state index in [0.717, 1.165) is 118 Å². The number of likely N-dealkylation sites (N-methyl/N-ethyl adjacent to an activating group) is 5. The SMILES string of the molecule is C=C1N(C)C(=O)C2=C(CC3=C(C(=O)c4ccccc43)C2c2ccc(O)c(OC)c2)N1C.C=C1N(C)C(=O)C2=C(CC3=C(C(=O)c4ccccc43)C2c2ccc(O)cc2)N1C.C=C1N(C)C(=O)C2=C(CC3=C(C(=O)c4ccccc43)C2c2ccc(OC)cc2)N1C.C=C1N(C)C(=O)C2=C(CC3=C(C(=O)c4ccccc43)C2c2cccc(O)c2)N1C.C=C1N(C)C(=O)C2=C(CC3=C(C(=O)c4ccccc43)C2c2cccc(OC)c2)N1C. The second kappa shape index (κ2) is 36.8. The van der Waals surface area contributed by atoms with Crippen molar-refractivity contribution in [1.82, 2.24) is 49.0 Å². The average Bonchev–Trinajstić information content (AvgIpc) is 1.60. The third-order valence-electron chi connectivity index (χ3n) is 31.9. The van der Waals surface area contributed by atoms with Gasteiger partial charge in [0.1, 0.15) is 52.1 Å². The van der Waals surface area contributed by atoms with Gasteiger partial charge in [0.25, 0.3) is 29.5 Å². The highest BCUT2D eigenvalue weighted by Gasteiger charge is 2.54. The zero-order chi connectivity index (χ0) is 105. The summed E-state index contributed by atoms with van der Waals surface area (Å²) in [5, 5.41) is 30.0. The van der Waals surface area contributed by atoms with Crippen LogP contribution < -0.4 is 14.2 Å². The van der Waals surface area contributed by atoms with E-state index < -0.39 is 29.6 Å². The molecule has 15 aliphatic rings. The number of aromatic hydroxyl groups is 3. The van der Waals surface area contributed by atoms with Crippen LogP contribution in [0.25, 0.3) is 27.9 Å². The van der Waals surface area contributed by atoms with Crippen molar-refractivity contribution in [3.8, 4) is 34.5 Å². The predicted molar refractivity (Wildman–Crippen MR) is 566 cm³/mol. The van der Waals surface area contributed by atoms with E-state index in [1.54, 1.807) is 114 Å². The molecule has 25 rings (SSSR count). The zero-order valence-corrected chi connectivity index (χ0v) is 84.6. The summed E-state index contributed by atoms with van der Waals surface area (Å²) in [6.45, 7) is 20.3. The molecule has 0 spiro atoms. The van der Waals surface area contributed by atoms with Gasteiger partial charge in [0.15, 0.2) is 40.4 Å². The normalized spacial score (nSPS) is 20.6. The smallest absolute Gasteiger partial charge is 0.257 e. The number of rotatable bonds is 8. The minimum atomic E-state index is -0.571. The van der Waals surface area contributed by atoms with Gasteiger partial charge in [0, 0.05) is 244 Å². The van der Waals surface area contributed by atoms with E-state index in [9.17, 15) is 63.3 Å². The Morgan fingerprint density at radius 3 is 0.738 bits per heavy atom. The Morgan fingerprint density at radius 1 is 0.228 bits per heavy atom. The molecule has 5 unspecified atom stereocenters. The van der Waals surface area contributed by atoms with Crippen molar-refractivity contribution in [3.63, 3.8) is 0 Å². The lowest BCUT2D eigenvalue weighted by Crippen LogP contribution is -2.44. The number of phenols is 3. The van der Waals surface area contributed by atoms with Crippen LogP contribution in [-0.4, -0.2) is 215 Å². The number of carbonyl (C=O) groups excluding carboxylic acids is 10. The lowest BCUT2D eigenvalue weighted by molar-refractivity contribution is -0.127. The van der Waals surface area contributed by atoms with Crippen molar-refractivity contribution in [2.24, 2.45) is 0 Å². The summed E-state index contributed by atoms with van der Waals surface area (Å²) in [5.74, 6) is 1.75. The van der Waals surface area contributed by atoms with Crippen LogP contribution in [0.2, 0.25) is 0 Å². The Bertz CT molecular complexity index is 8200. The van der Waals surface area contributed by atoms with Crippen LogP contribution in [0.5, 0.6) is 34.5 Å². The number of allylic oxidation sites excluding steroid dienone is 10. The molecule has 744 valence electrons. The molecule has 26 heteroatoms. The van der Waals surface area contributed by atoms with Gasteiger partial charge in [-0.05, 0) is 144 Å². The lowest BCUT2D eigenvalue weighted by atomic mass is 9.74. The molecule has 10 aliphatic carbocycles. The van der Waals surface area contributed by atoms with E-state index >= 15 is 0 Å². The maximum atomic E-state index is 13.5. The van der Waals surface area contributed by atoms with E-state index in [-0.39, 0.29) is 75.7 Å². The van der Waals surface area contributed by atoms with Crippen molar-refractivity contribution in [3.05, 3.63) is 466 Å². The number of amides is 5. The maximum absolute atomic E-state index is 13.5. The Balaban J connectivity index is 0.000000109. The Hall–Kier alpha value is -18.2. The van der Waals surface area contributed by atoms with Gasteiger partial charge in [-0.25, -0.2) is 0 Å². The van der Waals surface area contributed by atoms with Crippen molar-refractivity contribution in [2.75, 3.05) is 91.8 Å². The van der Waals surface area contributed by atoms with Gasteiger partial charge in [-0.1, -0.05) is 209 Å². The van der Waals surface area contributed by atoms with E-state index in [0.29, 0.717) is 156 Å². The second-order valence-electron chi connectivity index (χ2n) is 39.1. The molecule has 5 amide bonds. The number of hydrogen-bond donors (Lipinski definition) is 3. The fourth-order valence-electron chi connectivity index (χ4n) is 23.9. The molecule has 0 bridgehead atoms. The first-order valence-corrected chi connectivity index (χ1v) is 48.8. The van der Waals surface area contributed by atoms with Crippen LogP contribution in [0.4, 0.5) is 0 Å². The minimum absolute atomic E-state index is 0.00229. The van der Waals surface area contributed by atoms with Crippen LogP contribution in [-0.2, 0) is 24.0 Å². The molecule has 10 aromatic rings. The molecule has 0 aromatic heterocycles. The van der Waals surface area contributed by atoms with E-state index in [2.05, 4.69) is 32.9 Å². The Kier molecular flexibility index (Phi) is 24.0. The molecule has 0 fully saturated rings. The monoisotopic (exact) mass is 1980 g/mol. The summed E-state index contributed by atoms with van der Waals surface area (Å²) in [6, 6.07) is 72.0. The fraction of sp³-hybridized carbons (Fsp3) is 0.187. The number of carbonyl (C=O) groups is 10. The number of nitrogens with zero attached hydrogens (tertiary/aromatic N) is 10. The topological polar surface area (TPSA) is 291 Å². The highest BCUT2D eigenvalue weighted by molar-refractivity contribution is 6.28. The van der Waals surface area contributed by atoms with Crippen LogP contribution in [0.3, 0.4) is 0 Å². The number of ketones is 5. The number of hydrogen-bond acceptors (Lipinski definition) is 21. The molecule has 26 nitrogen and oxygen atoms in total. The lowest BCUT2D eigenvalue weighted by Gasteiger charge is -2.42. The number of benzene rings is 10.